The van der Waals surface area contributed by atoms with Crippen LogP contribution in [0.25, 0.3) is 0 Å². The lowest BCUT2D eigenvalue weighted by Crippen LogP contribution is -2.39. The van der Waals surface area contributed by atoms with E-state index < -0.39 is 29.4 Å². The first-order valence-corrected chi connectivity index (χ1v) is 8.29. The van der Waals surface area contributed by atoms with E-state index in [0.29, 0.717) is 6.54 Å². The highest BCUT2D eigenvalue weighted by atomic mass is 79.9. The van der Waals surface area contributed by atoms with Crippen LogP contribution in [0, 0.1) is 17.5 Å². The van der Waals surface area contributed by atoms with Gasteiger partial charge in [-0.15, -0.1) is 11.3 Å². The molecule has 2 aromatic rings. The molecule has 124 valence electrons. The number of benzene rings is 1. The first-order chi connectivity index (χ1) is 10.8. The maximum Gasteiger partial charge on any atom is 0.241 e. The number of anilines is 1. The number of hydrogen-bond acceptors (Lipinski definition) is 3. The summed E-state index contributed by atoms with van der Waals surface area (Å²) in [7, 11) is 1.75. The number of amides is 1. The van der Waals surface area contributed by atoms with Gasteiger partial charge in [0.25, 0.3) is 0 Å². The molecular weight excluding hydrogens is 393 g/mol. The quantitative estimate of drug-likeness (QED) is 0.746. The van der Waals surface area contributed by atoms with Gasteiger partial charge >= 0.3 is 0 Å². The van der Waals surface area contributed by atoms with Crippen molar-refractivity contribution in [3.8, 4) is 0 Å². The van der Waals surface area contributed by atoms with Crippen LogP contribution in [0.2, 0.25) is 0 Å². The minimum absolute atomic E-state index is 0.381. The van der Waals surface area contributed by atoms with Gasteiger partial charge in [0.2, 0.25) is 5.91 Å². The Morgan fingerprint density at radius 3 is 2.57 bits per heavy atom. The number of halogens is 4. The van der Waals surface area contributed by atoms with E-state index in [1.165, 1.54) is 0 Å². The minimum atomic E-state index is -1.60. The van der Waals surface area contributed by atoms with E-state index >= 15 is 0 Å². The summed E-state index contributed by atoms with van der Waals surface area (Å²) in [6.45, 7) is 2.18. The van der Waals surface area contributed by atoms with Gasteiger partial charge in [0.15, 0.2) is 17.5 Å². The van der Waals surface area contributed by atoms with E-state index in [4.69, 9.17) is 0 Å². The molecular formula is C15H14BrF3N2OS. The fraction of sp³-hybridized carbons (Fsp3) is 0.267. The SMILES string of the molecule is C[C@@H](C(=O)Nc1ccc(F)c(F)c1F)N(C)Cc1ccc(Br)s1. The lowest BCUT2D eigenvalue weighted by molar-refractivity contribution is -0.120. The van der Waals surface area contributed by atoms with Crippen molar-refractivity contribution in [3.05, 3.63) is 50.4 Å². The van der Waals surface area contributed by atoms with E-state index in [1.54, 1.807) is 30.2 Å². The van der Waals surface area contributed by atoms with Crippen molar-refractivity contribution in [3.63, 3.8) is 0 Å². The van der Waals surface area contributed by atoms with Gasteiger partial charge < -0.3 is 5.32 Å². The zero-order valence-electron chi connectivity index (χ0n) is 12.4. The number of thiophene rings is 1. The lowest BCUT2D eigenvalue weighted by atomic mass is 10.2. The molecule has 1 aromatic carbocycles. The summed E-state index contributed by atoms with van der Waals surface area (Å²) in [5.74, 6) is -4.82. The predicted octanol–water partition coefficient (Wildman–Crippen LogP) is 4.39. The molecule has 1 N–H and O–H groups in total. The molecule has 0 radical (unpaired) electrons. The Morgan fingerprint density at radius 1 is 1.26 bits per heavy atom. The Kier molecular flexibility index (Phi) is 5.83. The number of likely N-dealkylation sites (N-methyl/N-ethyl adjacent to an activating group) is 1. The van der Waals surface area contributed by atoms with Crippen LogP contribution in [-0.2, 0) is 11.3 Å². The van der Waals surface area contributed by atoms with Crippen molar-refractivity contribution in [1.82, 2.24) is 4.90 Å². The molecule has 0 spiro atoms. The van der Waals surface area contributed by atoms with Gasteiger partial charge in [-0.05, 0) is 54.2 Å². The summed E-state index contributed by atoms with van der Waals surface area (Å²) in [5.41, 5.74) is -0.381. The third-order valence-electron chi connectivity index (χ3n) is 3.37. The number of nitrogens with one attached hydrogen (secondary N) is 1. The van der Waals surface area contributed by atoms with Gasteiger partial charge in [-0.2, -0.15) is 0 Å². The first-order valence-electron chi connectivity index (χ1n) is 6.68. The predicted molar refractivity (Wildman–Crippen MR) is 87.9 cm³/mol. The maximum absolute atomic E-state index is 13.6. The highest BCUT2D eigenvalue weighted by Gasteiger charge is 2.21. The molecule has 23 heavy (non-hydrogen) atoms. The molecule has 1 atom stereocenters. The van der Waals surface area contributed by atoms with Crippen molar-refractivity contribution < 1.29 is 18.0 Å². The van der Waals surface area contributed by atoms with Crippen LogP contribution in [0.15, 0.2) is 28.1 Å². The molecule has 1 amide bonds. The van der Waals surface area contributed by atoms with Gasteiger partial charge in [0, 0.05) is 11.4 Å². The van der Waals surface area contributed by atoms with E-state index in [2.05, 4.69) is 21.2 Å². The molecule has 0 fully saturated rings. The van der Waals surface area contributed by atoms with Crippen LogP contribution >= 0.6 is 27.3 Å². The average Bonchev–Trinajstić information content (AvgIpc) is 2.92. The molecule has 0 aliphatic heterocycles. The van der Waals surface area contributed by atoms with Crippen LogP contribution < -0.4 is 5.32 Å². The standard InChI is InChI=1S/C15H14BrF3N2OS/c1-8(21(2)7-9-3-6-12(16)23-9)15(22)20-11-5-4-10(17)13(18)14(11)19/h3-6,8H,7H2,1-2H3,(H,20,22)/t8-/m0/s1. The molecule has 0 bridgehead atoms. The summed E-state index contributed by atoms with van der Waals surface area (Å²) in [6, 6.07) is 5.03. The van der Waals surface area contributed by atoms with E-state index in [1.807, 2.05) is 12.1 Å². The Balaban J connectivity index is 2.03. The summed E-state index contributed by atoms with van der Waals surface area (Å²) in [4.78, 5) is 15.0. The van der Waals surface area contributed by atoms with Gasteiger partial charge in [0.05, 0.1) is 15.5 Å². The Hall–Kier alpha value is -1.38. The fourth-order valence-corrected chi connectivity index (χ4v) is 3.43. The molecule has 0 saturated carbocycles. The molecule has 0 aliphatic rings. The Morgan fingerprint density at radius 2 is 1.96 bits per heavy atom. The largest absolute Gasteiger partial charge is 0.322 e. The van der Waals surface area contributed by atoms with Crippen LogP contribution in [0.5, 0.6) is 0 Å². The molecule has 0 aliphatic carbocycles. The number of nitrogens with zero attached hydrogens (tertiary/aromatic N) is 1. The first kappa shape index (κ1) is 18.0. The minimum Gasteiger partial charge on any atom is -0.322 e. The monoisotopic (exact) mass is 406 g/mol. The summed E-state index contributed by atoms with van der Waals surface area (Å²) in [6.07, 6.45) is 0. The molecule has 2 rings (SSSR count). The second-order valence-corrected chi connectivity index (χ2v) is 7.56. The average molecular weight is 407 g/mol. The second kappa shape index (κ2) is 7.46. The number of carbonyl (C=O) groups excluding carboxylic acids is 1. The van der Waals surface area contributed by atoms with Crippen molar-refractivity contribution in [1.29, 1.82) is 0 Å². The molecule has 1 aromatic heterocycles. The number of hydrogen-bond donors (Lipinski definition) is 1. The normalized spacial score (nSPS) is 12.5. The van der Waals surface area contributed by atoms with Gasteiger partial charge in [-0.1, -0.05) is 0 Å². The van der Waals surface area contributed by atoms with E-state index in [9.17, 15) is 18.0 Å². The van der Waals surface area contributed by atoms with Gasteiger partial charge in [0.1, 0.15) is 0 Å². The van der Waals surface area contributed by atoms with Crippen molar-refractivity contribution in [2.24, 2.45) is 0 Å². The van der Waals surface area contributed by atoms with Gasteiger partial charge in [-0.25, -0.2) is 13.2 Å². The van der Waals surface area contributed by atoms with E-state index in [0.717, 1.165) is 20.8 Å². The fourth-order valence-electron chi connectivity index (χ4n) is 1.88. The highest BCUT2D eigenvalue weighted by Crippen LogP contribution is 2.24. The molecule has 0 saturated heterocycles. The van der Waals surface area contributed by atoms with Crippen LogP contribution in [0.4, 0.5) is 18.9 Å². The van der Waals surface area contributed by atoms with Crippen LogP contribution in [0.1, 0.15) is 11.8 Å². The molecule has 1 heterocycles. The summed E-state index contributed by atoms with van der Waals surface area (Å²) < 4.78 is 40.6. The molecule has 0 unspecified atom stereocenters. The zero-order valence-corrected chi connectivity index (χ0v) is 14.8. The van der Waals surface area contributed by atoms with Crippen LogP contribution in [-0.4, -0.2) is 23.9 Å². The zero-order chi connectivity index (χ0) is 17.1. The number of carbonyl (C=O) groups is 1. The number of rotatable bonds is 5. The topological polar surface area (TPSA) is 32.3 Å². The van der Waals surface area contributed by atoms with Gasteiger partial charge in [-0.3, -0.25) is 9.69 Å². The van der Waals surface area contributed by atoms with Crippen molar-refractivity contribution in [2.45, 2.75) is 19.5 Å². The summed E-state index contributed by atoms with van der Waals surface area (Å²) in [5, 5.41) is 2.28. The summed E-state index contributed by atoms with van der Waals surface area (Å²) >= 11 is 4.91. The maximum atomic E-state index is 13.6. The second-order valence-electron chi connectivity index (χ2n) is 5.01. The van der Waals surface area contributed by atoms with Crippen molar-refractivity contribution >= 4 is 38.9 Å². The third-order valence-corrected chi connectivity index (χ3v) is 4.98. The highest BCUT2D eigenvalue weighted by molar-refractivity contribution is 9.11. The smallest absolute Gasteiger partial charge is 0.241 e. The van der Waals surface area contributed by atoms with Crippen molar-refractivity contribution in [2.75, 3.05) is 12.4 Å². The third kappa shape index (κ3) is 4.33. The van der Waals surface area contributed by atoms with Crippen LogP contribution in [0.3, 0.4) is 0 Å². The Labute approximate surface area is 144 Å². The van der Waals surface area contributed by atoms with E-state index in [-0.39, 0.29) is 5.69 Å². The lowest BCUT2D eigenvalue weighted by Gasteiger charge is -2.23. The molecule has 8 heteroatoms. The Bertz CT molecular complexity index is 723. The molecule has 3 nitrogen and oxygen atoms in total.